The van der Waals surface area contributed by atoms with E-state index in [1.807, 2.05) is 37.3 Å². The standard InChI is InChI=1S/C32H49FO3/c1-4-6-8-10-11-12-14-16-24-35-32-22-19-29(25-31(32)33)28-17-20-30(21-18-28)36-26-27(3)34-23-15-13-9-7-5-2/h17-22,25,27H,4-16,23-24,26H2,1-3H3. The van der Waals surface area contributed by atoms with Gasteiger partial charge < -0.3 is 14.2 Å². The molecule has 0 heterocycles. The van der Waals surface area contributed by atoms with Crippen LogP contribution in [0.15, 0.2) is 42.5 Å². The summed E-state index contributed by atoms with van der Waals surface area (Å²) in [6.45, 7) is 8.39. The summed E-state index contributed by atoms with van der Waals surface area (Å²) in [7, 11) is 0. The van der Waals surface area contributed by atoms with Crippen molar-refractivity contribution < 1.29 is 18.6 Å². The van der Waals surface area contributed by atoms with Crippen LogP contribution in [0.4, 0.5) is 4.39 Å². The molecule has 3 nitrogen and oxygen atoms in total. The molecule has 0 saturated carbocycles. The van der Waals surface area contributed by atoms with E-state index in [1.54, 1.807) is 12.1 Å². The maximum absolute atomic E-state index is 14.6. The number of rotatable bonds is 21. The molecule has 2 aromatic rings. The Balaban J connectivity index is 1.67. The third-order valence-electron chi connectivity index (χ3n) is 6.51. The molecule has 0 N–H and O–H groups in total. The maximum Gasteiger partial charge on any atom is 0.165 e. The largest absolute Gasteiger partial charge is 0.491 e. The van der Waals surface area contributed by atoms with E-state index in [0.29, 0.717) is 19.0 Å². The highest BCUT2D eigenvalue weighted by Gasteiger charge is 2.08. The first kappa shape index (κ1) is 30.2. The molecule has 0 aliphatic carbocycles. The van der Waals surface area contributed by atoms with Gasteiger partial charge in [0.05, 0.1) is 12.7 Å². The predicted octanol–water partition coefficient (Wildman–Crippen LogP) is 9.77. The molecule has 2 rings (SSSR count). The van der Waals surface area contributed by atoms with Gasteiger partial charge in [-0.3, -0.25) is 0 Å². The lowest BCUT2D eigenvalue weighted by Gasteiger charge is -2.15. The van der Waals surface area contributed by atoms with Gasteiger partial charge in [-0.15, -0.1) is 0 Å². The molecular formula is C32H49FO3. The van der Waals surface area contributed by atoms with E-state index in [-0.39, 0.29) is 11.9 Å². The Kier molecular flexibility index (Phi) is 16.0. The van der Waals surface area contributed by atoms with Crippen molar-refractivity contribution in [1.82, 2.24) is 0 Å². The Bertz CT molecular complexity index is 806. The van der Waals surface area contributed by atoms with Crippen LogP contribution in [0.3, 0.4) is 0 Å². The summed E-state index contributed by atoms with van der Waals surface area (Å²) >= 11 is 0. The minimum atomic E-state index is -0.312. The van der Waals surface area contributed by atoms with E-state index in [1.165, 1.54) is 64.2 Å². The van der Waals surface area contributed by atoms with Gasteiger partial charge in [0.1, 0.15) is 12.4 Å². The van der Waals surface area contributed by atoms with Crippen LogP contribution in [0.2, 0.25) is 0 Å². The monoisotopic (exact) mass is 500 g/mol. The van der Waals surface area contributed by atoms with Crippen LogP contribution in [0.25, 0.3) is 11.1 Å². The first-order valence-electron chi connectivity index (χ1n) is 14.4. The summed E-state index contributed by atoms with van der Waals surface area (Å²) in [4.78, 5) is 0. The molecule has 0 aliphatic rings. The first-order chi connectivity index (χ1) is 17.6. The zero-order chi connectivity index (χ0) is 25.8. The summed E-state index contributed by atoms with van der Waals surface area (Å²) in [5.74, 6) is 0.817. The lowest BCUT2D eigenvalue weighted by Crippen LogP contribution is -2.18. The van der Waals surface area contributed by atoms with E-state index in [0.717, 1.165) is 42.7 Å². The first-order valence-corrected chi connectivity index (χ1v) is 14.4. The number of unbranched alkanes of at least 4 members (excludes halogenated alkanes) is 11. The molecule has 0 aromatic heterocycles. The van der Waals surface area contributed by atoms with Gasteiger partial charge in [0.2, 0.25) is 0 Å². The molecule has 1 atom stereocenters. The van der Waals surface area contributed by atoms with E-state index in [4.69, 9.17) is 14.2 Å². The highest BCUT2D eigenvalue weighted by Crippen LogP contribution is 2.27. The molecule has 0 fully saturated rings. The molecule has 36 heavy (non-hydrogen) atoms. The predicted molar refractivity (Wildman–Crippen MR) is 150 cm³/mol. The maximum atomic E-state index is 14.6. The summed E-state index contributed by atoms with van der Waals surface area (Å²) < 4.78 is 32.0. The molecule has 0 amide bonds. The Labute approximate surface area is 219 Å². The second-order valence-corrected chi connectivity index (χ2v) is 9.90. The highest BCUT2D eigenvalue weighted by molar-refractivity contribution is 5.65. The average molecular weight is 501 g/mol. The van der Waals surface area contributed by atoms with Gasteiger partial charge in [0.25, 0.3) is 0 Å². The quantitative estimate of drug-likeness (QED) is 0.160. The Morgan fingerprint density at radius 3 is 1.81 bits per heavy atom. The Morgan fingerprint density at radius 1 is 0.639 bits per heavy atom. The number of halogens is 1. The second-order valence-electron chi connectivity index (χ2n) is 9.90. The van der Waals surface area contributed by atoms with Crippen molar-refractivity contribution >= 4 is 0 Å². The second kappa shape index (κ2) is 19.1. The molecule has 202 valence electrons. The summed E-state index contributed by atoms with van der Waals surface area (Å²) in [5, 5.41) is 0. The molecule has 4 heteroatoms. The van der Waals surface area contributed by atoms with Crippen molar-refractivity contribution in [1.29, 1.82) is 0 Å². The summed E-state index contributed by atoms with van der Waals surface area (Å²) in [6, 6.07) is 13.0. The van der Waals surface area contributed by atoms with Crippen LogP contribution in [0.5, 0.6) is 11.5 Å². The zero-order valence-corrected chi connectivity index (χ0v) is 23.0. The fourth-order valence-electron chi connectivity index (χ4n) is 4.21. The molecule has 0 aliphatic heterocycles. The fourth-order valence-corrected chi connectivity index (χ4v) is 4.21. The molecule has 0 spiro atoms. The number of hydrogen-bond donors (Lipinski definition) is 0. The van der Waals surface area contributed by atoms with Crippen LogP contribution in [0.1, 0.15) is 104 Å². The van der Waals surface area contributed by atoms with Crippen LogP contribution in [-0.2, 0) is 4.74 Å². The van der Waals surface area contributed by atoms with E-state index in [9.17, 15) is 4.39 Å². The summed E-state index contributed by atoms with van der Waals surface area (Å²) in [6.07, 6.45) is 16.2. The van der Waals surface area contributed by atoms with Crippen molar-refractivity contribution in [3.63, 3.8) is 0 Å². The van der Waals surface area contributed by atoms with Gasteiger partial charge in [-0.2, -0.15) is 0 Å². The zero-order valence-electron chi connectivity index (χ0n) is 23.0. The average Bonchev–Trinajstić information content (AvgIpc) is 2.89. The molecule has 0 saturated heterocycles. The van der Waals surface area contributed by atoms with Gasteiger partial charge in [0, 0.05) is 6.61 Å². The molecular weight excluding hydrogens is 451 g/mol. The molecule has 1 unspecified atom stereocenters. The lowest BCUT2D eigenvalue weighted by atomic mass is 10.1. The van der Waals surface area contributed by atoms with Crippen molar-refractivity contribution in [2.45, 2.75) is 110 Å². The Morgan fingerprint density at radius 2 is 1.19 bits per heavy atom. The number of ether oxygens (including phenoxy) is 3. The van der Waals surface area contributed by atoms with Gasteiger partial charge in [-0.25, -0.2) is 4.39 Å². The topological polar surface area (TPSA) is 27.7 Å². The minimum absolute atomic E-state index is 0.0586. The minimum Gasteiger partial charge on any atom is -0.491 e. The van der Waals surface area contributed by atoms with Crippen LogP contribution in [-0.4, -0.2) is 25.9 Å². The number of benzene rings is 2. The normalized spacial score (nSPS) is 12.0. The molecule has 0 radical (unpaired) electrons. The fraction of sp³-hybridized carbons (Fsp3) is 0.625. The van der Waals surface area contributed by atoms with Crippen molar-refractivity contribution in [3.8, 4) is 22.6 Å². The third kappa shape index (κ3) is 12.8. The van der Waals surface area contributed by atoms with Crippen LogP contribution >= 0.6 is 0 Å². The van der Waals surface area contributed by atoms with Gasteiger partial charge in [-0.1, -0.05) is 103 Å². The van der Waals surface area contributed by atoms with E-state index < -0.39 is 0 Å². The van der Waals surface area contributed by atoms with E-state index >= 15 is 0 Å². The van der Waals surface area contributed by atoms with Crippen LogP contribution in [0, 0.1) is 5.82 Å². The molecule has 2 aromatic carbocycles. The highest BCUT2D eigenvalue weighted by atomic mass is 19.1. The van der Waals surface area contributed by atoms with Crippen molar-refractivity contribution in [3.05, 3.63) is 48.3 Å². The third-order valence-corrected chi connectivity index (χ3v) is 6.51. The number of hydrogen-bond acceptors (Lipinski definition) is 3. The van der Waals surface area contributed by atoms with Crippen molar-refractivity contribution in [2.24, 2.45) is 0 Å². The van der Waals surface area contributed by atoms with Crippen LogP contribution < -0.4 is 9.47 Å². The summed E-state index contributed by atoms with van der Waals surface area (Å²) in [5.41, 5.74) is 1.78. The van der Waals surface area contributed by atoms with Gasteiger partial charge >= 0.3 is 0 Å². The SMILES string of the molecule is CCCCCCCCCCOc1ccc(-c2ccc(OCC(C)OCCCCCCC)cc2)cc1F. The smallest absolute Gasteiger partial charge is 0.165 e. The Hall–Kier alpha value is -2.07. The van der Waals surface area contributed by atoms with Gasteiger partial charge in [0.15, 0.2) is 11.6 Å². The molecule has 0 bridgehead atoms. The van der Waals surface area contributed by atoms with E-state index in [2.05, 4.69) is 13.8 Å². The lowest BCUT2D eigenvalue weighted by molar-refractivity contribution is 0.0302. The van der Waals surface area contributed by atoms with Gasteiger partial charge in [-0.05, 0) is 55.2 Å². The van der Waals surface area contributed by atoms with Crippen molar-refractivity contribution in [2.75, 3.05) is 19.8 Å².